The molecule has 1 aromatic heterocycles. The number of aryl methyl sites for hydroxylation is 1. The van der Waals surface area contributed by atoms with Crippen LogP contribution in [-0.2, 0) is 4.74 Å². The molecule has 2 rings (SSSR count). The summed E-state index contributed by atoms with van der Waals surface area (Å²) in [5.74, 6) is 0.557. The minimum Gasteiger partial charge on any atom is -0.465 e. The largest absolute Gasteiger partial charge is 0.465 e. The molecular weight excluding hydrogens is 210 g/mol. The standard InChI is InChI=1S/C11H15NO2S/c1-7-5-9(12-6-8-3-4-8)10(15-7)11(13)14-2/h5,8,12H,3-4,6H2,1-2H3. The third-order valence-electron chi connectivity index (χ3n) is 2.50. The van der Waals surface area contributed by atoms with Crippen molar-refractivity contribution in [2.24, 2.45) is 5.92 Å². The smallest absolute Gasteiger partial charge is 0.350 e. The molecule has 1 N–H and O–H groups in total. The molecule has 1 fully saturated rings. The van der Waals surface area contributed by atoms with Crippen LogP contribution in [0.5, 0.6) is 0 Å². The Morgan fingerprint density at radius 3 is 3.00 bits per heavy atom. The van der Waals surface area contributed by atoms with Gasteiger partial charge >= 0.3 is 5.97 Å². The molecule has 1 aliphatic carbocycles. The number of nitrogens with one attached hydrogen (secondary N) is 1. The van der Waals surface area contributed by atoms with Crippen molar-refractivity contribution in [2.45, 2.75) is 19.8 Å². The van der Waals surface area contributed by atoms with Gasteiger partial charge in [0.2, 0.25) is 0 Å². The van der Waals surface area contributed by atoms with Crippen LogP contribution in [0.15, 0.2) is 6.07 Å². The van der Waals surface area contributed by atoms with Crippen molar-refractivity contribution in [1.29, 1.82) is 0 Å². The molecule has 0 saturated heterocycles. The Hall–Kier alpha value is -1.03. The molecule has 3 nitrogen and oxygen atoms in total. The molecule has 82 valence electrons. The van der Waals surface area contributed by atoms with E-state index in [2.05, 4.69) is 5.32 Å². The summed E-state index contributed by atoms with van der Waals surface area (Å²) in [6.07, 6.45) is 2.62. The lowest BCUT2D eigenvalue weighted by Crippen LogP contribution is -2.07. The minimum atomic E-state index is -0.244. The Morgan fingerprint density at radius 2 is 2.40 bits per heavy atom. The first-order valence-corrected chi connectivity index (χ1v) is 5.95. The average molecular weight is 225 g/mol. The number of esters is 1. The molecular formula is C11H15NO2S. The van der Waals surface area contributed by atoms with E-state index in [-0.39, 0.29) is 5.97 Å². The fraction of sp³-hybridized carbons (Fsp3) is 0.545. The van der Waals surface area contributed by atoms with Gasteiger partial charge in [0.1, 0.15) is 4.88 Å². The number of anilines is 1. The van der Waals surface area contributed by atoms with Crippen LogP contribution in [-0.4, -0.2) is 19.6 Å². The Bertz CT molecular complexity index is 369. The molecule has 1 aromatic rings. The normalized spacial score (nSPS) is 15.1. The van der Waals surface area contributed by atoms with Crippen molar-refractivity contribution in [2.75, 3.05) is 19.0 Å². The van der Waals surface area contributed by atoms with Crippen molar-refractivity contribution in [1.82, 2.24) is 0 Å². The minimum absolute atomic E-state index is 0.244. The van der Waals surface area contributed by atoms with Crippen LogP contribution in [0.1, 0.15) is 27.4 Å². The van der Waals surface area contributed by atoms with E-state index >= 15 is 0 Å². The van der Waals surface area contributed by atoms with Gasteiger partial charge in [-0.05, 0) is 31.7 Å². The van der Waals surface area contributed by atoms with Crippen LogP contribution < -0.4 is 5.32 Å². The van der Waals surface area contributed by atoms with E-state index in [0.29, 0.717) is 4.88 Å². The van der Waals surface area contributed by atoms with E-state index in [1.54, 1.807) is 0 Å². The Labute approximate surface area is 93.4 Å². The summed E-state index contributed by atoms with van der Waals surface area (Å²) in [6, 6.07) is 2.01. The van der Waals surface area contributed by atoms with Crippen molar-refractivity contribution in [3.63, 3.8) is 0 Å². The van der Waals surface area contributed by atoms with Gasteiger partial charge in [-0.2, -0.15) is 0 Å². The molecule has 0 aromatic carbocycles. The molecule has 0 bridgehead atoms. The third kappa shape index (κ3) is 2.50. The quantitative estimate of drug-likeness (QED) is 0.801. The fourth-order valence-corrected chi connectivity index (χ4v) is 2.37. The lowest BCUT2D eigenvalue weighted by atomic mass is 10.3. The Balaban J connectivity index is 2.09. The van der Waals surface area contributed by atoms with Gasteiger partial charge in [0.25, 0.3) is 0 Å². The molecule has 4 heteroatoms. The number of ether oxygens (including phenoxy) is 1. The molecule has 1 saturated carbocycles. The highest BCUT2D eigenvalue weighted by atomic mass is 32.1. The zero-order chi connectivity index (χ0) is 10.8. The molecule has 0 aliphatic heterocycles. The molecule has 1 heterocycles. The first kappa shape index (κ1) is 10.5. The average Bonchev–Trinajstić information content (AvgIpc) is 2.98. The zero-order valence-electron chi connectivity index (χ0n) is 9.00. The van der Waals surface area contributed by atoms with Gasteiger partial charge in [-0.15, -0.1) is 11.3 Å². The molecule has 1 aliphatic rings. The Kier molecular flexibility index (Phi) is 2.95. The summed E-state index contributed by atoms with van der Waals surface area (Å²) in [4.78, 5) is 13.3. The van der Waals surface area contributed by atoms with Gasteiger partial charge in [-0.25, -0.2) is 4.79 Å². The summed E-state index contributed by atoms with van der Waals surface area (Å²) in [5, 5.41) is 3.32. The first-order valence-electron chi connectivity index (χ1n) is 5.13. The van der Waals surface area contributed by atoms with Gasteiger partial charge in [-0.3, -0.25) is 0 Å². The van der Waals surface area contributed by atoms with E-state index in [1.165, 1.54) is 31.3 Å². The molecule has 0 radical (unpaired) electrons. The first-order chi connectivity index (χ1) is 7.20. The number of carbonyl (C=O) groups is 1. The molecule has 0 atom stereocenters. The predicted molar refractivity (Wildman–Crippen MR) is 61.6 cm³/mol. The van der Waals surface area contributed by atoms with E-state index in [1.807, 2.05) is 13.0 Å². The second-order valence-corrected chi connectivity index (χ2v) is 5.17. The van der Waals surface area contributed by atoms with Crippen LogP contribution in [0.2, 0.25) is 0 Å². The summed E-state index contributed by atoms with van der Waals surface area (Å²) in [6.45, 7) is 2.97. The third-order valence-corrected chi connectivity index (χ3v) is 3.53. The highest BCUT2D eigenvalue weighted by Gasteiger charge is 2.22. The summed E-state index contributed by atoms with van der Waals surface area (Å²) in [7, 11) is 1.42. The number of hydrogen-bond acceptors (Lipinski definition) is 4. The monoisotopic (exact) mass is 225 g/mol. The van der Waals surface area contributed by atoms with Crippen LogP contribution in [0.3, 0.4) is 0 Å². The van der Waals surface area contributed by atoms with Gasteiger partial charge in [0, 0.05) is 11.4 Å². The fourth-order valence-electron chi connectivity index (χ4n) is 1.47. The SMILES string of the molecule is COC(=O)c1sc(C)cc1NCC1CC1. The Morgan fingerprint density at radius 1 is 1.67 bits per heavy atom. The van der Waals surface area contributed by atoms with Gasteiger partial charge < -0.3 is 10.1 Å². The maximum absolute atomic E-state index is 11.5. The maximum Gasteiger partial charge on any atom is 0.350 e. The molecule has 15 heavy (non-hydrogen) atoms. The van der Waals surface area contributed by atoms with Gasteiger partial charge in [0.15, 0.2) is 0 Å². The van der Waals surface area contributed by atoms with Gasteiger partial charge in [-0.1, -0.05) is 0 Å². The topological polar surface area (TPSA) is 38.3 Å². The van der Waals surface area contributed by atoms with Gasteiger partial charge in [0.05, 0.1) is 12.8 Å². The van der Waals surface area contributed by atoms with E-state index in [4.69, 9.17) is 4.74 Å². The lowest BCUT2D eigenvalue weighted by molar-refractivity contribution is 0.0607. The second kappa shape index (κ2) is 4.23. The van der Waals surface area contributed by atoms with Crippen LogP contribution in [0.25, 0.3) is 0 Å². The number of hydrogen-bond donors (Lipinski definition) is 1. The van der Waals surface area contributed by atoms with E-state index in [9.17, 15) is 4.79 Å². The number of methoxy groups -OCH3 is 1. The van der Waals surface area contributed by atoms with Crippen LogP contribution in [0, 0.1) is 12.8 Å². The second-order valence-electron chi connectivity index (χ2n) is 3.92. The number of thiophene rings is 1. The molecule has 0 unspecified atom stereocenters. The molecule has 0 amide bonds. The number of carbonyl (C=O) groups excluding carboxylic acids is 1. The van der Waals surface area contributed by atoms with Crippen molar-refractivity contribution in [3.8, 4) is 0 Å². The number of rotatable bonds is 4. The summed E-state index contributed by atoms with van der Waals surface area (Å²) in [5.41, 5.74) is 0.927. The lowest BCUT2D eigenvalue weighted by Gasteiger charge is -2.04. The van der Waals surface area contributed by atoms with Crippen molar-refractivity contribution < 1.29 is 9.53 Å². The predicted octanol–water partition coefficient (Wildman–Crippen LogP) is 2.67. The van der Waals surface area contributed by atoms with Crippen LogP contribution >= 0.6 is 11.3 Å². The van der Waals surface area contributed by atoms with Crippen LogP contribution in [0.4, 0.5) is 5.69 Å². The zero-order valence-corrected chi connectivity index (χ0v) is 9.82. The summed E-state index contributed by atoms with van der Waals surface area (Å²) < 4.78 is 4.74. The van der Waals surface area contributed by atoms with E-state index in [0.717, 1.165) is 23.0 Å². The van der Waals surface area contributed by atoms with E-state index < -0.39 is 0 Å². The molecule has 0 spiro atoms. The highest BCUT2D eigenvalue weighted by Crippen LogP contribution is 2.32. The van der Waals surface area contributed by atoms with Crippen molar-refractivity contribution in [3.05, 3.63) is 15.8 Å². The maximum atomic E-state index is 11.5. The van der Waals surface area contributed by atoms with Crippen molar-refractivity contribution >= 4 is 23.0 Å². The highest BCUT2D eigenvalue weighted by molar-refractivity contribution is 7.14. The summed E-state index contributed by atoms with van der Waals surface area (Å²) >= 11 is 1.48.